The molecule has 5 nitrogen and oxygen atoms in total. The maximum atomic E-state index is 12.5. The third-order valence-corrected chi connectivity index (χ3v) is 4.17. The zero-order valence-corrected chi connectivity index (χ0v) is 11.5. The lowest BCUT2D eigenvalue weighted by Gasteiger charge is -2.28. The summed E-state index contributed by atoms with van der Waals surface area (Å²) in [5.74, 6) is -2.01. The second-order valence-corrected chi connectivity index (χ2v) is 5.68. The van der Waals surface area contributed by atoms with E-state index in [1.165, 1.54) is 0 Å². The van der Waals surface area contributed by atoms with E-state index in [-0.39, 0.29) is 17.9 Å². The van der Waals surface area contributed by atoms with Crippen LogP contribution in [0, 0.1) is 11.8 Å². The number of carbonyl (C=O) groups is 2. The zero-order chi connectivity index (χ0) is 13.8. The number of ether oxygens (including phenoxy) is 1. The van der Waals surface area contributed by atoms with E-state index in [1.54, 1.807) is 4.90 Å². The van der Waals surface area contributed by atoms with Crippen LogP contribution in [0.1, 0.15) is 39.0 Å². The first kappa shape index (κ1) is 14.3. The largest absolute Gasteiger partial charge is 0.481 e. The highest BCUT2D eigenvalue weighted by Gasteiger charge is 2.39. The molecule has 108 valence electrons. The summed E-state index contributed by atoms with van der Waals surface area (Å²) >= 11 is 0. The van der Waals surface area contributed by atoms with Crippen molar-refractivity contribution in [3.8, 4) is 0 Å². The molecule has 0 radical (unpaired) electrons. The normalized spacial score (nSPS) is 27.0. The molecule has 0 aromatic carbocycles. The summed E-state index contributed by atoms with van der Waals surface area (Å²) in [4.78, 5) is 25.7. The van der Waals surface area contributed by atoms with Gasteiger partial charge in [0.25, 0.3) is 0 Å². The van der Waals surface area contributed by atoms with Gasteiger partial charge in [-0.2, -0.15) is 0 Å². The van der Waals surface area contributed by atoms with E-state index in [1.807, 2.05) is 6.92 Å². The van der Waals surface area contributed by atoms with E-state index in [2.05, 4.69) is 0 Å². The first-order chi connectivity index (χ1) is 9.09. The number of hydrogen-bond donors (Lipinski definition) is 1. The quantitative estimate of drug-likeness (QED) is 0.789. The van der Waals surface area contributed by atoms with Gasteiger partial charge >= 0.3 is 5.97 Å². The zero-order valence-electron chi connectivity index (χ0n) is 11.5. The lowest BCUT2D eigenvalue weighted by Crippen LogP contribution is -2.44. The molecule has 0 bridgehead atoms. The van der Waals surface area contributed by atoms with Crippen molar-refractivity contribution in [1.82, 2.24) is 4.90 Å². The molecule has 5 heteroatoms. The number of carboxylic acids is 1. The molecule has 2 aliphatic rings. The molecule has 1 saturated carbocycles. The number of aliphatic carboxylic acids is 1. The van der Waals surface area contributed by atoms with Gasteiger partial charge in [-0.25, -0.2) is 0 Å². The van der Waals surface area contributed by atoms with Crippen molar-refractivity contribution in [2.45, 2.75) is 45.1 Å². The van der Waals surface area contributed by atoms with Gasteiger partial charge in [-0.3, -0.25) is 9.59 Å². The summed E-state index contributed by atoms with van der Waals surface area (Å²) in [5, 5.41) is 9.39. The molecular weight excluding hydrogens is 246 g/mol. The minimum atomic E-state index is -0.963. The lowest BCUT2D eigenvalue weighted by molar-refractivity contribution is -0.154. The Morgan fingerprint density at radius 3 is 2.58 bits per heavy atom. The summed E-state index contributed by atoms with van der Waals surface area (Å²) in [6.07, 6.45) is 4.59. The van der Waals surface area contributed by atoms with E-state index >= 15 is 0 Å². The first-order valence-corrected chi connectivity index (χ1v) is 7.23. The van der Waals surface area contributed by atoms with Gasteiger partial charge < -0.3 is 14.7 Å². The Morgan fingerprint density at radius 1 is 1.26 bits per heavy atom. The van der Waals surface area contributed by atoms with Gasteiger partial charge in [-0.1, -0.05) is 12.8 Å². The van der Waals surface area contributed by atoms with Crippen LogP contribution in [0.4, 0.5) is 0 Å². The maximum Gasteiger partial charge on any atom is 0.316 e. The third kappa shape index (κ3) is 3.47. The van der Waals surface area contributed by atoms with E-state index < -0.39 is 11.9 Å². The van der Waals surface area contributed by atoms with Gasteiger partial charge in [0, 0.05) is 19.7 Å². The Labute approximate surface area is 113 Å². The van der Waals surface area contributed by atoms with Crippen LogP contribution in [-0.4, -0.2) is 47.7 Å². The molecular formula is C14H23NO4. The highest BCUT2D eigenvalue weighted by molar-refractivity contribution is 5.97. The van der Waals surface area contributed by atoms with Gasteiger partial charge in [0.2, 0.25) is 5.91 Å². The Bertz CT molecular complexity index is 338. The van der Waals surface area contributed by atoms with E-state index in [0.717, 1.165) is 32.1 Å². The molecule has 1 N–H and O–H groups in total. The molecule has 0 aromatic heterocycles. The average molecular weight is 269 g/mol. The van der Waals surface area contributed by atoms with Crippen molar-refractivity contribution in [3.63, 3.8) is 0 Å². The number of amides is 1. The second-order valence-electron chi connectivity index (χ2n) is 5.68. The van der Waals surface area contributed by atoms with E-state index in [9.17, 15) is 14.7 Å². The number of rotatable bonds is 3. The molecule has 1 aliphatic carbocycles. The van der Waals surface area contributed by atoms with Crippen LogP contribution in [0.3, 0.4) is 0 Å². The minimum Gasteiger partial charge on any atom is -0.481 e. The van der Waals surface area contributed by atoms with Gasteiger partial charge in [0.05, 0.1) is 6.10 Å². The van der Waals surface area contributed by atoms with Gasteiger partial charge in [0.1, 0.15) is 5.92 Å². The van der Waals surface area contributed by atoms with Gasteiger partial charge in [0.15, 0.2) is 0 Å². The number of hydrogen-bond acceptors (Lipinski definition) is 3. The van der Waals surface area contributed by atoms with Crippen LogP contribution >= 0.6 is 0 Å². The van der Waals surface area contributed by atoms with E-state index in [0.29, 0.717) is 19.7 Å². The standard InChI is InChI=1S/C14H23NO4/c1-10-9-15(7-4-8-19-10)13(16)12(14(17)18)11-5-2-3-6-11/h10-12H,2-9H2,1H3,(H,17,18)/t10-,12?/m0/s1. The fraction of sp³-hybridized carbons (Fsp3) is 0.857. The fourth-order valence-corrected chi connectivity index (χ4v) is 3.19. The summed E-state index contributed by atoms with van der Waals surface area (Å²) < 4.78 is 5.51. The molecule has 1 aliphatic heterocycles. The number of carboxylic acid groups (broad SMARTS) is 1. The SMILES string of the molecule is C[C@H]1CN(C(=O)C(C(=O)O)C2CCCC2)CCCO1. The molecule has 1 amide bonds. The van der Waals surface area contributed by atoms with Crippen molar-refractivity contribution < 1.29 is 19.4 Å². The lowest BCUT2D eigenvalue weighted by atomic mass is 9.89. The monoisotopic (exact) mass is 269 g/mol. The predicted molar refractivity (Wildman–Crippen MR) is 69.7 cm³/mol. The molecule has 2 atom stereocenters. The molecule has 1 heterocycles. The molecule has 2 rings (SSSR count). The van der Waals surface area contributed by atoms with Crippen molar-refractivity contribution in [1.29, 1.82) is 0 Å². The van der Waals surface area contributed by atoms with Crippen LogP contribution < -0.4 is 0 Å². The first-order valence-electron chi connectivity index (χ1n) is 7.23. The second kappa shape index (κ2) is 6.37. The third-order valence-electron chi connectivity index (χ3n) is 4.17. The minimum absolute atomic E-state index is 0.00975. The van der Waals surface area contributed by atoms with Crippen LogP contribution in [0.5, 0.6) is 0 Å². The Morgan fingerprint density at radius 2 is 1.95 bits per heavy atom. The maximum absolute atomic E-state index is 12.5. The molecule has 0 aromatic rings. The van der Waals surface area contributed by atoms with Gasteiger partial charge in [-0.15, -0.1) is 0 Å². The Balaban J connectivity index is 2.07. The van der Waals surface area contributed by atoms with E-state index in [4.69, 9.17) is 4.74 Å². The topological polar surface area (TPSA) is 66.8 Å². The fourth-order valence-electron chi connectivity index (χ4n) is 3.19. The molecule has 2 fully saturated rings. The van der Waals surface area contributed by atoms with Crippen LogP contribution in [-0.2, 0) is 14.3 Å². The summed E-state index contributed by atoms with van der Waals surface area (Å²) in [6.45, 7) is 3.69. The van der Waals surface area contributed by atoms with Crippen molar-refractivity contribution in [2.24, 2.45) is 11.8 Å². The number of nitrogens with zero attached hydrogens (tertiary/aromatic N) is 1. The van der Waals surface area contributed by atoms with Crippen molar-refractivity contribution in [2.75, 3.05) is 19.7 Å². The van der Waals surface area contributed by atoms with Crippen molar-refractivity contribution >= 4 is 11.9 Å². The van der Waals surface area contributed by atoms with Gasteiger partial charge in [-0.05, 0) is 32.1 Å². The van der Waals surface area contributed by atoms with Crippen LogP contribution in [0.15, 0.2) is 0 Å². The summed E-state index contributed by atoms with van der Waals surface area (Å²) in [7, 11) is 0. The van der Waals surface area contributed by atoms with Crippen molar-refractivity contribution in [3.05, 3.63) is 0 Å². The highest BCUT2D eigenvalue weighted by atomic mass is 16.5. The molecule has 0 spiro atoms. The summed E-state index contributed by atoms with van der Waals surface area (Å²) in [5.41, 5.74) is 0. The van der Waals surface area contributed by atoms with Crippen LogP contribution in [0.2, 0.25) is 0 Å². The molecule has 1 saturated heterocycles. The predicted octanol–water partition coefficient (Wildman–Crippen LogP) is 1.51. The summed E-state index contributed by atoms with van der Waals surface area (Å²) in [6, 6.07) is 0. The smallest absolute Gasteiger partial charge is 0.316 e. The number of carbonyl (C=O) groups excluding carboxylic acids is 1. The molecule has 19 heavy (non-hydrogen) atoms. The Kier molecular flexibility index (Phi) is 4.80. The highest BCUT2D eigenvalue weighted by Crippen LogP contribution is 2.33. The average Bonchev–Trinajstić information content (AvgIpc) is 2.77. The molecule has 1 unspecified atom stereocenters. The Hall–Kier alpha value is -1.10. The van der Waals surface area contributed by atoms with Crippen LogP contribution in [0.25, 0.3) is 0 Å².